The van der Waals surface area contributed by atoms with Crippen molar-refractivity contribution in [2.45, 2.75) is 17.4 Å². The van der Waals surface area contributed by atoms with E-state index in [1.807, 2.05) is 36.4 Å². The summed E-state index contributed by atoms with van der Waals surface area (Å²) >= 11 is 1.65. The molecule has 3 aromatic rings. The largest absolute Gasteiger partial charge is 0.368 e. The molecule has 0 fully saturated rings. The number of primary sulfonamides is 1. The van der Waals surface area contributed by atoms with Gasteiger partial charge in [-0.05, 0) is 35.4 Å². The van der Waals surface area contributed by atoms with E-state index in [4.69, 9.17) is 9.88 Å². The summed E-state index contributed by atoms with van der Waals surface area (Å²) in [5.74, 6) is 1.30. The van der Waals surface area contributed by atoms with E-state index in [2.05, 4.69) is 29.6 Å². The first kappa shape index (κ1) is 24.0. The van der Waals surface area contributed by atoms with Gasteiger partial charge in [0.1, 0.15) is 6.10 Å². The molecule has 0 saturated heterocycles. The standard InChI is InChI=1S/C24H26N2O4S2/c25-32(28,29)22-13-11-21(12-14-22)26-23(27)15-17-31-18-16-30-24(19-7-3-1-4-8-19)20-9-5-2-6-10-20/h1-14,24H,15-18H2,(H,26,27)(H2,25,28,29). The second kappa shape index (κ2) is 11.8. The summed E-state index contributed by atoms with van der Waals surface area (Å²) in [5.41, 5.74) is 2.75. The van der Waals surface area contributed by atoms with E-state index >= 15 is 0 Å². The number of amides is 1. The Bertz CT molecular complexity index is 1050. The second-order valence-corrected chi connectivity index (χ2v) is 9.84. The Morgan fingerprint density at radius 1 is 0.875 bits per heavy atom. The van der Waals surface area contributed by atoms with Crippen molar-refractivity contribution < 1.29 is 17.9 Å². The van der Waals surface area contributed by atoms with Gasteiger partial charge in [-0.3, -0.25) is 4.79 Å². The van der Waals surface area contributed by atoms with Crippen LogP contribution in [-0.2, 0) is 19.6 Å². The average Bonchev–Trinajstić information content (AvgIpc) is 2.79. The molecule has 168 valence electrons. The molecule has 3 aromatic carbocycles. The van der Waals surface area contributed by atoms with Crippen LogP contribution in [0.4, 0.5) is 5.69 Å². The summed E-state index contributed by atoms with van der Waals surface area (Å²) in [6.45, 7) is 0.565. The van der Waals surface area contributed by atoms with Gasteiger partial charge in [0.05, 0.1) is 11.5 Å². The number of nitrogens with two attached hydrogens (primary N) is 1. The predicted octanol–water partition coefficient (Wildman–Crippen LogP) is 4.20. The number of thioether (sulfide) groups is 1. The molecular formula is C24H26N2O4S2. The minimum absolute atomic E-state index is 0.00960. The zero-order chi connectivity index (χ0) is 22.8. The van der Waals surface area contributed by atoms with Gasteiger partial charge < -0.3 is 10.1 Å². The minimum Gasteiger partial charge on any atom is -0.368 e. The van der Waals surface area contributed by atoms with Crippen LogP contribution in [0.25, 0.3) is 0 Å². The molecule has 32 heavy (non-hydrogen) atoms. The van der Waals surface area contributed by atoms with Crippen LogP contribution < -0.4 is 10.5 Å². The molecule has 3 rings (SSSR count). The van der Waals surface area contributed by atoms with E-state index in [1.54, 1.807) is 11.8 Å². The fraction of sp³-hybridized carbons (Fsp3) is 0.208. The molecule has 0 aliphatic heterocycles. The zero-order valence-electron chi connectivity index (χ0n) is 17.5. The summed E-state index contributed by atoms with van der Waals surface area (Å²) in [6, 6.07) is 26.0. The van der Waals surface area contributed by atoms with Gasteiger partial charge >= 0.3 is 0 Å². The van der Waals surface area contributed by atoms with Gasteiger partial charge in [-0.2, -0.15) is 11.8 Å². The Morgan fingerprint density at radius 3 is 1.97 bits per heavy atom. The summed E-state index contributed by atoms with van der Waals surface area (Å²) in [5, 5.41) is 7.82. The third-order valence-electron chi connectivity index (χ3n) is 4.66. The van der Waals surface area contributed by atoms with E-state index in [0.717, 1.165) is 16.9 Å². The van der Waals surface area contributed by atoms with Crippen molar-refractivity contribution in [1.82, 2.24) is 0 Å². The molecule has 0 aliphatic carbocycles. The van der Waals surface area contributed by atoms with Crippen molar-refractivity contribution >= 4 is 33.4 Å². The molecule has 0 heterocycles. The lowest BCUT2D eigenvalue weighted by molar-refractivity contribution is -0.115. The molecule has 1 amide bonds. The maximum Gasteiger partial charge on any atom is 0.238 e. The van der Waals surface area contributed by atoms with Crippen molar-refractivity contribution in [2.75, 3.05) is 23.4 Å². The van der Waals surface area contributed by atoms with E-state index in [0.29, 0.717) is 24.5 Å². The maximum atomic E-state index is 12.1. The van der Waals surface area contributed by atoms with Gasteiger partial charge in [0.2, 0.25) is 15.9 Å². The molecule has 0 radical (unpaired) electrons. The summed E-state index contributed by atoms with van der Waals surface area (Å²) < 4.78 is 28.7. The number of hydrogen-bond acceptors (Lipinski definition) is 5. The molecule has 6 nitrogen and oxygen atoms in total. The highest BCUT2D eigenvalue weighted by Crippen LogP contribution is 2.26. The van der Waals surface area contributed by atoms with Crippen molar-refractivity contribution in [3.05, 3.63) is 96.1 Å². The monoisotopic (exact) mass is 470 g/mol. The summed E-state index contributed by atoms with van der Waals surface area (Å²) in [6.07, 6.45) is 0.226. The van der Waals surface area contributed by atoms with Gasteiger partial charge in [0, 0.05) is 23.6 Å². The number of ether oxygens (including phenoxy) is 1. The Labute approximate surface area is 193 Å². The van der Waals surface area contributed by atoms with E-state index in [9.17, 15) is 13.2 Å². The number of hydrogen-bond donors (Lipinski definition) is 2. The van der Waals surface area contributed by atoms with Gasteiger partial charge in [-0.1, -0.05) is 60.7 Å². The van der Waals surface area contributed by atoms with Gasteiger partial charge in [-0.15, -0.1) is 0 Å². The maximum absolute atomic E-state index is 12.1. The van der Waals surface area contributed by atoms with Crippen LogP contribution in [0.3, 0.4) is 0 Å². The molecule has 3 N–H and O–H groups in total. The number of carbonyl (C=O) groups excluding carboxylic acids is 1. The molecule has 0 aromatic heterocycles. The van der Waals surface area contributed by atoms with Crippen molar-refractivity contribution in [2.24, 2.45) is 5.14 Å². The Hall–Kier alpha value is -2.65. The highest BCUT2D eigenvalue weighted by atomic mass is 32.2. The first-order valence-corrected chi connectivity index (χ1v) is 12.9. The summed E-state index contributed by atoms with van der Waals surface area (Å²) in [7, 11) is -3.74. The van der Waals surface area contributed by atoms with Crippen LogP contribution in [0.5, 0.6) is 0 Å². The smallest absolute Gasteiger partial charge is 0.238 e. The quantitative estimate of drug-likeness (QED) is 0.409. The van der Waals surface area contributed by atoms with Crippen molar-refractivity contribution in [3.63, 3.8) is 0 Å². The normalized spacial score (nSPS) is 11.4. The molecule has 0 spiro atoms. The topological polar surface area (TPSA) is 98.5 Å². The SMILES string of the molecule is NS(=O)(=O)c1ccc(NC(=O)CCSCCOC(c2ccccc2)c2ccccc2)cc1. The highest BCUT2D eigenvalue weighted by molar-refractivity contribution is 7.99. The number of rotatable bonds is 11. The molecular weight excluding hydrogens is 444 g/mol. The van der Waals surface area contributed by atoms with Crippen LogP contribution in [0.2, 0.25) is 0 Å². The fourth-order valence-corrected chi connectivity index (χ4v) is 4.35. The lowest BCUT2D eigenvalue weighted by atomic mass is 10.0. The Kier molecular flexibility index (Phi) is 8.87. The van der Waals surface area contributed by atoms with Gasteiger partial charge in [0.25, 0.3) is 0 Å². The number of carbonyl (C=O) groups is 1. The predicted molar refractivity (Wildman–Crippen MR) is 129 cm³/mol. The van der Waals surface area contributed by atoms with Crippen LogP contribution in [0.15, 0.2) is 89.8 Å². The van der Waals surface area contributed by atoms with E-state index < -0.39 is 10.0 Å². The number of benzene rings is 3. The third kappa shape index (κ3) is 7.49. The lowest BCUT2D eigenvalue weighted by Crippen LogP contribution is -2.14. The highest BCUT2D eigenvalue weighted by Gasteiger charge is 2.14. The number of anilines is 1. The number of nitrogens with one attached hydrogen (secondary N) is 1. The van der Waals surface area contributed by atoms with Crippen LogP contribution >= 0.6 is 11.8 Å². The first-order chi connectivity index (χ1) is 15.4. The van der Waals surface area contributed by atoms with E-state index in [1.165, 1.54) is 24.3 Å². The van der Waals surface area contributed by atoms with Crippen LogP contribution in [0.1, 0.15) is 23.7 Å². The Morgan fingerprint density at radius 2 is 1.44 bits per heavy atom. The first-order valence-electron chi connectivity index (χ1n) is 10.2. The van der Waals surface area contributed by atoms with Crippen molar-refractivity contribution in [3.8, 4) is 0 Å². The molecule has 0 bridgehead atoms. The lowest BCUT2D eigenvalue weighted by Gasteiger charge is -2.19. The average molecular weight is 471 g/mol. The molecule has 0 atom stereocenters. The minimum atomic E-state index is -3.74. The fourth-order valence-electron chi connectivity index (χ4n) is 3.08. The summed E-state index contributed by atoms with van der Waals surface area (Å²) in [4.78, 5) is 12.1. The van der Waals surface area contributed by atoms with Gasteiger partial charge in [-0.25, -0.2) is 13.6 Å². The van der Waals surface area contributed by atoms with Crippen LogP contribution in [0, 0.1) is 0 Å². The molecule has 0 aliphatic rings. The van der Waals surface area contributed by atoms with Crippen LogP contribution in [-0.4, -0.2) is 32.4 Å². The van der Waals surface area contributed by atoms with Crippen molar-refractivity contribution in [1.29, 1.82) is 0 Å². The van der Waals surface area contributed by atoms with Gasteiger partial charge in [0.15, 0.2) is 0 Å². The zero-order valence-corrected chi connectivity index (χ0v) is 19.1. The molecule has 0 unspecified atom stereocenters. The Balaban J connectivity index is 1.40. The third-order valence-corrected chi connectivity index (χ3v) is 6.53. The second-order valence-electron chi connectivity index (χ2n) is 7.05. The van der Waals surface area contributed by atoms with E-state index in [-0.39, 0.29) is 16.9 Å². The number of sulfonamides is 1. The molecule has 8 heteroatoms. The molecule has 0 saturated carbocycles.